The van der Waals surface area contributed by atoms with Crippen LogP contribution in [0.5, 0.6) is 0 Å². The molecule has 0 aliphatic carbocycles. The van der Waals surface area contributed by atoms with Crippen molar-refractivity contribution in [2.24, 2.45) is 0 Å². The van der Waals surface area contributed by atoms with Crippen LogP contribution < -0.4 is 0 Å². The Kier molecular flexibility index (Phi) is 4.99. The van der Waals surface area contributed by atoms with E-state index in [-0.39, 0.29) is 0 Å². The topological polar surface area (TPSA) is 0 Å². The van der Waals surface area contributed by atoms with Crippen molar-refractivity contribution < 1.29 is 0 Å². The highest BCUT2D eigenvalue weighted by atomic mass is 127. The van der Waals surface area contributed by atoms with Gasteiger partial charge in [-0.15, -0.1) is 11.8 Å². The van der Waals surface area contributed by atoms with Gasteiger partial charge < -0.3 is 0 Å². The van der Waals surface area contributed by atoms with E-state index in [2.05, 4.69) is 101 Å². The van der Waals surface area contributed by atoms with E-state index < -0.39 is 0 Å². The molecule has 0 aromatic heterocycles. The Hall–Kier alpha value is -1.26. The van der Waals surface area contributed by atoms with Gasteiger partial charge in [-0.2, -0.15) is 0 Å². The van der Waals surface area contributed by atoms with Gasteiger partial charge in [0.25, 0.3) is 0 Å². The highest BCUT2D eigenvalue weighted by Gasteiger charge is 2.08. The molecule has 0 fully saturated rings. The van der Waals surface area contributed by atoms with Crippen molar-refractivity contribution in [2.45, 2.75) is 10.6 Å². The van der Waals surface area contributed by atoms with Gasteiger partial charge in [-0.3, -0.25) is 0 Å². The summed E-state index contributed by atoms with van der Waals surface area (Å²) in [5.41, 5.74) is 4.00. The molecule has 104 valence electrons. The number of halogens is 1. The highest BCUT2D eigenvalue weighted by Crippen LogP contribution is 2.35. The van der Waals surface area contributed by atoms with Crippen LogP contribution in [0.1, 0.15) is 5.56 Å². The Bertz CT molecular complexity index is 722. The van der Waals surface area contributed by atoms with Gasteiger partial charge in [0.1, 0.15) is 0 Å². The summed E-state index contributed by atoms with van der Waals surface area (Å²) in [6.45, 7) is 0. The molecule has 0 N–H and O–H groups in total. The maximum Gasteiger partial charge on any atom is 0.0232 e. The first-order chi connectivity index (χ1) is 10.3. The molecule has 2 heteroatoms. The molecule has 0 nitrogen and oxygen atoms in total. The first-order valence-electron chi connectivity index (χ1n) is 6.85. The molecule has 0 amide bonds. The molecular weight excluding hydrogens is 387 g/mol. The molecule has 0 radical (unpaired) electrons. The molecule has 21 heavy (non-hydrogen) atoms. The van der Waals surface area contributed by atoms with Crippen LogP contribution in [0.15, 0.2) is 83.8 Å². The number of thioether (sulfide) groups is 1. The fourth-order valence-electron chi connectivity index (χ4n) is 2.23. The van der Waals surface area contributed by atoms with Gasteiger partial charge in [0, 0.05) is 14.2 Å². The molecule has 3 aromatic carbocycles. The lowest BCUT2D eigenvalue weighted by molar-refractivity contribution is 1.37. The summed E-state index contributed by atoms with van der Waals surface area (Å²) in [4.78, 5) is 1.34. The van der Waals surface area contributed by atoms with Crippen LogP contribution in [-0.2, 0) is 5.75 Å². The third kappa shape index (κ3) is 3.69. The Morgan fingerprint density at radius 3 is 2.05 bits per heavy atom. The molecule has 0 heterocycles. The Labute approximate surface area is 143 Å². The second kappa shape index (κ2) is 7.14. The van der Waals surface area contributed by atoms with E-state index in [1.54, 1.807) is 0 Å². The fraction of sp³-hybridized carbons (Fsp3) is 0.0526. The van der Waals surface area contributed by atoms with Crippen LogP contribution >= 0.6 is 34.4 Å². The van der Waals surface area contributed by atoms with E-state index in [1.165, 1.54) is 25.2 Å². The Balaban J connectivity index is 1.88. The summed E-state index contributed by atoms with van der Waals surface area (Å²) >= 11 is 4.31. The van der Waals surface area contributed by atoms with Gasteiger partial charge >= 0.3 is 0 Å². The summed E-state index contributed by atoms with van der Waals surface area (Å²) < 4.78 is 1.29. The summed E-state index contributed by atoms with van der Waals surface area (Å²) in [6.07, 6.45) is 0. The highest BCUT2D eigenvalue weighted by molar-refractivity contribution is 14.1. The minimum atomic E-state index is 1.00. The van der Waals surface area contributed by atoms with Crippen molar-refractivity contribution >= 4 is 34.4 Å². The van der Waals surface area contributed by atoms with Gasteiger partial charge in [0.05, 0.1) is 0 Å². The lowest BCUT2D eigenvalue weighted by atomic mass is 10.1. The smallest absolute Gasteiger partial charge is 0.0232 e. The number of rotatable bonds is 4. The average Bonchev–Trinajstić information content (AvgIpc) is 2.55. The van der Waals surface area contributed by atoms with E-state index in [1.807, 2.05) is 11.8 Å². The van der Waals surface area contributed by atoms with Crippen LogP contribution in [0.25, 0.3) is 11.1 Å². The first kappa shape index (κ1) is 14.7. The lowest BCUT2D eigenvalue weighted by Crippen LogP contribution is -1.86. The second-order valence-corrected chi connectivity index (χ2v) is 6.93. The maximum atomic E-state index is 2.41. The predicted molar refractivity (Wildman–Crippen MR) is 101 cm³/mol. The Morgan fingerprint density at radius 1 is 0.667 bits per heavy atom. The molecule has 3 aromatic rings. The number of benzene rings is 3. The van der Waals surface area contributed by atoms with Gasteiger partial charge in [0.2, 0.25) is 0 Å². The molecule has 0 unspecified atom stereocenters. The van der Waals surface area contributed by atoms with Crippen LogP contribution in [0.4, 0.5) is 0 Å². The van der Waals surface area contributed by atoms with E-state index in [0.29, 0.717) is 0 Å². The molecule has 0 bridgehead atoms. The van der Waals surface area contributed by atoms with Crippen LogP contribution in [0.2, 0.25) is 0 Å². The van der Waals surface area contributed by atoms with Crippen molar-refractivity contribution in [1.29, 1.82) is 0 Å². The molecule has 3 rings (SSSR count). The summed E-state index contributed by atoms with van der Waals surface area (Å²) in [6, 6.07) is 27.8. The van der Waals surface area contributed by atoms with Crippen molar-refractivity contribution in [3.8, 4) is 11.1 Å². The molecule has 0 atom stereocenters. The zero-order valence-corrected chi connectivity index (χ0v) is 14.5. The molecule has 0 aliphatic rings. The summed E-state index contributed by atoms with van der Waals surface area (Å²) in [7, 11) is 0. The first-order valence-corrected chi connectivity index (χ1v) is 8.92. The third-order valence-corrected chi connectivity index (χ3v) is 5.37. The monoisotopic (exact) mass is 402 g/mol. The molecule has 0 saturated carbocycles. The van der Waals surface area contributed by atoms with E-state index >= 15 is 0 Å². The SMILES string of the molecule is Ic1ccccc1-c1ccccc1SCc1ccccc1. The van der Waals surface area contributed by atoms with Gasteiger partial charge in [-0.05, 0) is 51.4 Å². The zero-order chi connectivity index (χ0) is 14.5. The third-order valence-electron chi connectivity index (χ3n) is 3.29. The fourth-order valence-corrected chi connectivity index (χ4v) is 3.93. The molecule has 0 aliphatic heterocycles. The minimum Gasteiger partial charge on any atom is -0.121 e. The van der Waals surface area contributed by atoms with Gasteiger partial charge in [-0.25, -0.2) is 0 Å². The molecule has 0 spiro atoms. The maximum absolute atomic E-state index is 2.41. The normalized spacial score (nSPS) is 10.5. The number of hydrogen-bond acceptors (Lipinski definition) is 1. The van der Waals surface area contributed by atoms with Gasteiger partial charge in [0.15, 0.2) is 0 Å². The van der Waals surface area contributed by atoms with Crippen LogP contribution in [0.3, 0.4) is 0 Å². The number of hydrogen-bond donors (Lipinski definition) is 0. The van der Waals surface area contributed by atoms with E-state index in [9.17, 15) is 0 Å². The Morgan fingerprint density at radius 2 is 1.29 bits per heavy atom. The zero-order valence-electron chi connectivity index (χ0n) is 11.5. The van der Waals surface area contributed by atoms with E-state index in [4.69, 9.17) is 0 Å². The van der Waals surface area contributed by atoms with Crippen molar-refractivity contribution in [3.05, 3.63) is 88.0 Å². The summed E-state index contributed by atoms with van der Waals surface area (Å²) in [5.74, 6) is 1.00. The van der Waals surface area contributed by atoms with Crippen LogP contribution in [0, 0.1) is 3.57 Å². The average molecular weight is 402 g/mol. The van der Waals surface area contributed by atoms with Crippen LogP contribution in [-0.4, -0.2) is 0 Å². The quantitative estimate of drug-likeness (QED) is 0.367. The van der Waals surface area contributed by atoms with E-state index in [0.717, 1.165) is 5.75 Å². The van der Waals surface area contributed by atoms with Crippen molar-refractivity contribution in [1.82, 2.24) is 0 Å². The predicted octanol–water partition coefficient (Wildman–Crippen LogP) is 6.25. The van der Waals surface area contributed by atoms with Crippen molar-refractivity contribution in [2.75, 3.05) is 0 Å². The second-order valence-electron chi connectivity index (χ2n) is 4.75. The molecule has 0 saturated heterocycles. The largest absolute Gasteiger partial charge is 0.121 e. The summed E-state index contributed by atoms with van der Waals surface area (Å²) in [5, 5.41) is 0. The lowest BCUT2D eigenvalue weighted by Gasteiger charge is -2.11. The standard InChI is InChI=1S/C19H15IS/c20-18-12-6-4-10-16(18)17-11-5-7-13-19(17)21-14-15-8-2-1-3-9-15/h1-13H,14H2. The minimum absolute atomic E-state index is 1.00. The van der Waals surface area contributed by atoms with Crippen molar-refractivity contribution in [3.63, 3.8) is 0 Å². The molecular formula is C19H15IS. The van der Waals surface area contributed by atoms with Gasteiger partial charge in [-0.1, -0.05) is 66.7 Å².